The van der Waals surface area contributed by atoms with Crippen LogP contribution in [0.15, 0.2) is 0 Å². The van der Waals surface area contributed by atoms with Crippen LogP contribution in [0.5, 0.6) is 0 Å². The fourth-order valence-electron chi connectivity index (χ4n) is 1.12. The molecule has 0 rings (SSSR count). The molecule has 0 radical (unpaired) electrons. The molecule has 0 saturated carbocycles. The molecule has 0 aromatic heterocycles. The summed E-state index contributed by atoms with van der Waals surface area (Å²) in [6.07, 6.45) is 3.55. The molecule has 0 spiro atoms. The van der Waals surface area contributed by atoms with E-state index in [9.17, 15) is 4.79 Å². The summed E-state index contributed by atoms with van der Waals surface area (Å²) in [5.74, 6) is 0.126. The van der Waals surface area contributed by atoms with E-state index in [1.165, 1.54) is 0 Å². The third-order valence-corrected chi connectivity index (χ3v) is 1.76. The van der Waals surface area contributed by atoms with Gasteiger partial charge >= 0.3 is 0 Å². The molecule has 3 N–H and O–H groups in total. The quantitative estimate of drug-likeness (QED) is 0.628. The van der Waals surface area contributed by atoms with Crippen LogP contribution < -0.4 is 11.1 Å². The summed E-state index contributed by atoms with van der Waals surface area (Å²) < 4.78 is 0. The van der Waals surface area contributed by atoms with Crippen LogP contribution in [-0.4, -0.2) is 18.5 Å². The largest absolute Gasteiger partial charge is 0.352 e. The Balaban J connectivity index is 3.61. The zero-order valence-electron chi connectivity index (χ0n) is 8.10. The van der Waals surface area contributed by atoms with Gasteiger partial charge in [-0.25, -0.2) is 0 Å². The molecule has 0 aliphatic heterocycles. The van der Waals surface area contributed by atoms with Crippen molar-refractivity contribution in [2.24, 2.45) is 5.73 Å². The van der Waals surface area contributed by atoms with Gasteiger partial charge in [-0.05, 0) is 12.8 Å². The minimum Gasteiger partial charge on any atom is -0.352 e. The molecule has 0 aromatic rings. The van der Waals surface area contributed by atoms with E-state index in [1.54, 1.807) is 0 Å². The summed E-state index contributed by atoms with van der Waals surface area (Å²) in [5.41, 5.74) is 5.49. The van der Waals surface area contributed by atoms with Crippen LogP contribution in [0.25, 0.3) is 0 Å². The second-order valence-corrected chi connectivity index (χ2v) is 3.04. The van der Waals surface area contributed by atoms with E-state index >= 15 is 0 Å². The van der Waals surface area contributed by atoms with Crippen LogP contribution in [0, 0.1) is 0 Å². The second-order valence-electron chi connectivity index (χ2n) is 3.04. The molecule has 1 amide bonds. The predicted molar refractivity (Wildman–Crippen MR) is 50.8 cm³/mol. The molecule has 72 valence electrons. The van der Waals surface area contributed by atoms with E-state index in [-0.39, 0.29) is 11.9 Å². The number of amides is 1. The maximum atomic E-state index is 11.1. The zero-order chi connectivity index (χ0) is 9.40. The topological polar surface area (TPSA) is 55.1 Å². The van der Waals surface area contributed by atoms with Gasteiger partial charge in [-0.2, -0.15) is 0 Å². The minimum atomic E-state index is 0.126. The van der Waals surface area contributed by atoms with E-state index < -0.39 is 0 Å². The van der Waals surface area contributed by atoms with Gasteiger partial charge in [-0.1, -0.05) is 20.3 Å². The maximum Gasteiger partial charge on any atom is 0.220 e. The Labute approximate surface area is 74.7 Å². The highest BCUT2D eigenvalue weighted by molar-refractivity contribution is 5.76. The minimum absolute atomic E-state index is 0.126. The van der Waals surface area contributed by atoms with Crippen molar-refractivity contribution in [3.05, 3.63) is 0 Å². The average molecular weight is 172 g/mol. The van der Waals surface area contributed by atoms with Crippen molar-refractivity contribution in [1.82, 2.24) is 5.32 Å². The van der Waals surface area contributed by atoms with Crippen LogP contribution >= 0.6 is 0 Å². The van der Waals surface area contributed by atoms with Crippen LogP contribution in [-0.2, 0) is 4.79 Å². The standard InChI is InChI=1S/C9H20N2O/c1-3-5-8(7-10)11-9(12)6-4-2/h8H,3-7,10H2,1-2H3,(H,11,12). The molecule has 0 aliphatic rings. The Bertz CT molecular complexity index is 126. The highest BCUT2D eigenvalue weighted by atomic mass is 16.1. The Kier molecular flexibility index (Phi) is 6.76. The van der Waals surface area contributed by atoms with Crippen molar-refractivity contribution in [3.63, 3.8) is 0 Å². The van der Waals surface area contributed by atoms with Crippen molar-refractivity contribution < 1.29 is 4.79 Å². The molecule has 12 heavy (non-hydrogen) atoms. The highest BCUT2D eigenvalue weighted by Gasteiger charge is 2.07. The van der Waals surface area contributed by atoms with Gasteiger partial charge in [0.25, 0.3) is 0 Å². The first-order valence-electron chi connectivity index (χ1n) is 4.74. The Hall–Kier alpha value is -0.570. The van der Waals surface area contributed by atoms with E-state index in [1.807, 2.05) is 6.92 Å². The number of rotatable bonds is 6. The Morgan fingerprint density at radius 1 is 1.42 bits per heavy atom. The number of nitrogens with two attached hydrogens (primary N) is 1. The van der Waals surface area contributed by atoms with E-state index in [0.717, 1.165) is 19.3 Å². The lowest BCUT2D eigenvalue weighted by Crippen LogP contribution is -2.39. The van der Waals surface area contributed by atoms with E-state index in [2.05, 4.69) is 12.2 Å². The zero-order valence-corrected chi connectivity index (χ0v) is 8.10. The van der Waals surface area contributed by atoms with Gasteiger partial charge < -0.3 is 11.1 Å². The molecule has 1 unspecified atom stereocenters. The van der Waals surface area contributed by atoms with E-state index in [0.29, 0.717) is 13.0 Å². The lowest BCUT2D eigenvalue weighted by atomic mass is 10.1. The number of hydrogen-bond acceptors (Lipinski definition) is 2. The summed E-state index contributed by atoms with van der Waals surface area (Å²) in [6, 6.07) is 0.175. The molecule has 0 saturated heterocycles. The van der Waals surface area contributed by atoms with Gasteiger partial charge in [0, 0.05) is 19.0 Å². The summed E-state index contributed by atoms with van der Waals surface area (Å²) in [5, 5.41) is 2.90. The van der Waals surface area contributed by atoms with Crippen molar-refractivity contribution in [2.75, 3.05) is 6.54 Å². The second kappa shape index (κ2) is 7.10. The van der Waals surface area contributed by atoms with Crippen LogP contribution in [0.4, 0.5) is 0 Å². The van der Waals surface area contributed by atoms with Crippen LogP contribution in [0.1, 0.15) is 39.5 Å². The molecule has 0 aliphatic carbocycles. The molecule has 3 heteroatoms. The SMILES string of the molecule is CCCC(=O)NC(CN)CCC. The third-order valence-electron chi connectivity index (χ3n) is 1.76. The molecular formula is C9H20N2O. The van der Waals surface area contributed by atoms with Gasteiger partial charge in [0.05, 0.1) is 0 Å². The predicted octanol–water partition coefficient (Wildman–Crippen LogP) is 1.03. The van der Waals surface area contributed by atoms with Crippen molar-refractivity contribution in [1.29, 1.82) is 0 Å². The smallest absolute Gasteiger partial charge is 0.220 e. The van der Waals surface area contributed by atoms with Gasteiger partial charge in [-0.15, -0.1) is 0 Å². The van der Waals surface area contributed by atoms with Gasteiger partial charge in [0.2, 0.25) is 5.91 Å². The maximum absolute atomic E-state index is 11.1. The first kappa shape index (κ1) is 11.4. The molecule has 0 fully saturated rings. The third kappa shape index (κ3) is 5.13. The molecule has 1 atom stereocenters. The monoisotopic (exact) mass is 172 g/mol. The first-order valence-corrected chi connectivity index (χ1v) is 4.74. The van der Waals surface area contributed by atoms with Crippen molar-refractivity contribution in [3.8, 4) is 0 Å². The van der Waals surface area contributed by atoms with Crippen LogP contribution in [0.2, 0.25) is 0 Å². The molecule has 0 bridgehead atoms. The van der Waals surface area contributed by atoms with Gasteiger partial charge in [0.15, 0.2) is 0 Å². The number of carbonyl (C=O) groups is 1. The summed E-state index contributed by atoms with van der Waals surface area (Å²) in [7, 11) is 0. The lowest BCUT2D eigenvalue weighted by molar-refractivity contribution is -0.121. The average Bonchev–Trinajstić information content (AvgIpc) is 2.04. The van der Waals surface area contributed by atoms with Crippen molar-refractivity contribution in [2.45, 2.75) is 45.6 Å². The van der Waals surface area contributed by atoms with Gasteiger partial charge in [0.1, 0.15) is 0 Å². The normalized spacial score (nSPS) is 12.6. The first-order chi connectivity index (χ1) is 5.74. The van der Waals surface area contributed by atoms with Gasteiger partial charge in [-0.3, -0.25) is 4.79 Å². The molecular weight excluding hydrogens is 152 g/mol. The summed E-state index contributed by atoms with van der Waals surface area (Å²) in [4.78, 5) is 11.1. The molecule has 0 heterocycles. The molecule has 0 aromatic carbocycles. The summed E-state index contributed by atoms with van der Waals surface area (Å²) >= 11 is 0. The Morgan fingerprint density at radius 2 is 2.08 bits per heavy atom. The highest BCUT2D eigenvalue weighted by Crippen LogP contribution is 1.96. The number of hydrogen-bond donors (Lipinski definition) is 2. The fourth-order valence-corrected chi connectivity index (χ4v) is 1.12. The fraction of sp³-hybridized carbons (Fsp3) is 0.889. The molecule has 3 nitrogen and oxygen atoms in total. The van der Waals surface area contributed by atoms with Crippen LogP contribution in [0.3, 0.4) is 0 Å². The van der Waals surface area contributed by atoms with Crippen molar-refractivity contribution >= 4 is 5.91 Å². The number of nitrogens with one attached hydrogen (secondary N) is 1. The number of carbonyl (C=O) groups excluding carboxylic acids is 1. The lowest BCUT2D eigenvalue weighted by Gasteiger charge is -2.15. The summed E-state index contributed by atoms with van der Waals surface area (Å²) in [6.45, 7) is 4.63. The Morgan fingerprint density at radius 3 is 2.50 bits per heavy atom. The van der Waals surface area contributed by atoms with E-state index in [4.69, 9.17) is 5.73 Å².